The highest BCUT2D eigenvalue weighted by atomic mass is 32.2. The van der Waals surface area contributed by atoms with E-state index < -0.39 is 10.0 Å². The summed E-state index contributed by atoms with van der Waals surface area (Å²) in [6.07, 6.45) is 4.52. The van der Waals surface area contributed by atoms with Crippen LogP contribution in [0.4, 0.5) is 0 Å². The van der Waals surface area contributed by atoms with E-state index in [9.17, 15) is 8.42 Å². The quantitative estimate of drug-likeness (QED) is 0.817. The highest BCUT2D eigenvalue weighted by Gasteiger charge is 2.22. The van der Waals surface area contributed by atoms with Crippen molar-refractivity contribution in [3.05, 3.63) is 29.8 Å². The molecule has 0 spiro atoms. The Labute approximate surface area is 99.9 Å². The number of aromatic nitrogens is 4. The zero-order valence-corrected chi connectivity index (χ0v) is 10.8. The van der Waals surface area contributed by atoms with Gasteiger partial charge >= 0.3 is 0 Å². The van der Waals surface area contributed by atoms with Crippen LogP contribution in [0.2, 0.25) is 0 Å². The van der Waals surface area contributed by atoms with E-state index >= 15 is 0 Å². The van der Waals surface area contributed by atoms with Gasteiger partial charge in [-0.3, -0.25) is 4.68 Å². The fraction of sp³-hybridized carbons (Fsp3) is 0.400. The van der Waals surface area contributed by atoms with Crippen molar-refractivity contribution in [1.29, 1.82) is 0 Å². The molecule has 0 unspecified atom stereocenters. The Morgan fingerprint density at radius 1 is 1.29 bits per heavy atom. The predicted octanol–water partition coefficient (Wildman–Crippen LogP) is 0.953. The lowest BCUT2D eigenvalue weighted by Gasteiger charge is -2.01. The van der Waals surface area contributed by atoms with Gasteiger partial charge in [-0.25, -0.2) is 0 Å². The lowest BCUT2D eigenvalue weighted by Crippen LogP contribution is -2.13. The van der Waals surface area contributed by atoms with Crippen molar-refractivity contribution >= 4 is 10.0 Å². The van der Waals surface area contributed by atoms with Crippen molar-refractivity contribution in [3.8, 4) is 0 Å². The van der Waals surface area contributed by atoms with Crippen molar-refractivity contribution < 1.29 is 8.42 Å². The van der Waals surface area contributed by atoms with Crippen LogP contribution in [-0.2, 0) is 16.6 Å². The first-order chi connectivity index (χ1) is 7.95. The van der Waals surface area contributed by atoms with Gasteiger partial charge in [0.05, 0.1) is 11.9 Å². The Balaban J connectivity index is 2.55. The predicted molar refractivity (Wildman–Crippen MR) is 62.2 cm³/mol. The molecule has 0 saturated carbocycles. The Morgan fingerprint density at radius 3 is 2.47 bits per heavy atom. The van der Waals surface area contributed by atoms with Crippen molar-refractivity contribution in [2.45, 2.75) is 32.2 Å². The minimum Gasteiger partial charge on any atom is -0.271 e. The summed E-state index contributed by atoms with van der Waals surface area (Å²) in [6, 6.07) is 0. The standard InChI is InChI=1S/C10H14N4O2S/c1-4-13-7-10(9(3)12-13)17(15,16)14-6-8(2)5-11-14/h5-7H,4H2,1-3H3. The molecule has 0 aliphatic rings. The van der Waals surface area contributed by atoms with Crippen molar-refractivity contribution in [2.75, 3.05) is 0 Å². The van der Waals surface area contributed by atoms with E-state index in [1.54, 1.807) is 18.5 Å². The van der Waals surface area contributed by atoms with Gasteiger partial charge in [0.15, 0.2) is 0 Å². The molecule has 0 amide bonds. The van der Waals surface area contributed by atoms with Gasteiger partial charge in [-0.2, -0.15) is 22.7 Å². The first-order valence-electron chi connectivity index (χ1n) is 5.26. The van der Waals surface area contributed by atoms with Crippen LogP contribution in [0, 0.1) is 13.8 Å². The Kier molecular flexibility index (Phi) is 2.78. The molecule has 7 heteroatoms. The second kappa shape index (κ2) is 3.99. The summed E-state index contributed by atoms with van der Waals surface area (Å²) in [6.45, 7) is 6.01. The van der Waals surface area contributed by atoms with Gasteiger partial charge in [0.2, 0.25) is 0 Å². The molecule has 92 valence electrons. The lowest BCUT2D eigenvalue weighted by molar-refractivity contribution is 0.579. The minimum atomic E-state index is -3.62. The molecule has 17 heavy (non-hydrogen) atoms. The molecule has 0 radical (unpaired) electrons. The monoisotopic (exact) mass is 254 g/mol. The summed E-state index contributed by atoms with van der Waals surface area (Å²) in [5.41, 5.74) is 1.29. The molecule has 0 atom stereocenters. The maximum atomic E-state index is 12.2. The van der Waals surface area contributed by atoms with E-state index in [1.165, 1.54) is 18.6 Å². The van der Waals surface area contributed by atoms with E-state index in [0.29, 0.717) is 12.2 Å². The molecule has 2 heterocycles. The average Bonchev–Trinajstić information content (AvgIpc) is 2.85. The summed E-state index contributed by atoms with van der Waals surface area (Å²) in [4.78, 5) is 0.197. The van der Waals surface area contributed by atoms with E-state index in [-0.39, 0.29) is 4.90 Å². The number of aryl methyl sites for hydroxylation is 3. The number of nitrogens with zero attached hydrogens (tertiary/aromatic N) is 4. The molecule has 0 aliphatic heterocycles. The van der Waals surface area contributed by atoms with Gasteiger partial charge in [-0.05, 0) is 26.3 Å². The second-order valence-electron chi connectivity index (χ2n) is 3.83. The molecule has 0 bridgehead atoms. The first kappa shape index (κ1) is 11.8. The molecule has 0 aromatic carbocycles. The molecule has 0 fully saturated rings. The number of hydrogen-bond donors (Lipinski definition) is 0. The molecule has 6 nitrogen and oxygen atoms in total. The fourth-order valence-corrected chi connectivity index (χ4v) is 2.88. The maximum Gasteiger partial charge on any atom is 0.286 e. The molecular weight excluding hydrogens is 240 g/mol. The summed E-state index contributed by atoms with van der Waals surface area (Å²) in [7, 11) is -3.62. The molecule has 2 aromatic rings. The first-order valence-corrected chi connectivity index (χ1v) is 6.70. The third-order valence-corrected chi connectivity index (χ3v) is 4.09. The van der Waals surface area contributed by atoms with Crippen LogP contribution < -0.4 is 0 Å². The molecule has 2 aromatic heterocycles. The van der Waals surface area contributed by atoms with Crippen LogP contribution in [0.25, 0.3) is 0 Å². The van der Waals surface area contributed by atoms with Crippen molar-refractivity contribution in [3.63, 3.8) is 0 Å². The summed E-state index contributed by atoms with van der Waals surface area (Å²) in [5, 5.41) is 7.96. The Bertz CT molecular complexity index is 639. The largest absolute Gasteiger partial charge is 0.286 e. The van der Waals surface area contributed by atoms with Crippen molar-refractivity contribution in [1.82, 2.24) is 19.0 Å². The van der Waals surface area contributed by atoms with Crippen LogP contribution in [0.15, 0.2) is 23.5 Å². The Morgan fingerprint density at radius 2 is 2.00 bits per heavy atom. The van der Waals surface area contributed by atoms with Crippen LogP contribution >= 0.6 is 0 Å². The molecular formula is C10H14N4O2S. The normalized spacial score (nSPS) is 11.9. The maximum absolute atomic E-state index is 12.2. The Hall–Kier alpha value is -1.63. The van der Waals surface area contributed by atoms with Crippen LogP contribution in [-0.4, -0.2) is 27.4 Å². The van der Waals surface area contributed by atoms with Crippen LogP contribution in [0.3, 0.4) is 0 Å². The lowest BCUT2D eigenvalue weighted by atomic mass is 10.4. The van der Waals surface area contributed by atoms with Gasteiger partial charge in [0, 0.05) is 18.9 Å². The smallest absolute Gasteiger partial charge is 0.271 e. The highest BCUT2D eigenvalue weighted by Crippen LogP contribution is 2.16. The number of hydrogen-bond acceptors (Lipinski definition) is 4. The molecule has 0 saturated heterocycles. The molecule has 0 N–H and O–H groups in total. The second-order valence-corrected chi connectivity index (χ2v) is 5.59. The summed E-state index contributed by atoms with van der Waals surface area (Å²) < 4.78 is 27.1. The molecule has 2 rings (SSSR count). The minimum absolute atomic E-state index is 0.197. The van der Waals surface area contributed by atoms with E-state index in [0.717, 1.165) is 9.65 Å². The number of rotatable bonds is 3. The van der Waals surface area contributed by atoms with Gasteiger partial charge < -0.3 is 0 Å². The zero-order valence-electron chi connectivity index (χ0n) is 9.95. The van der Waals surface area contributed by atoms with E-state index in [2.05, 4.69) is 10.2 Å². The highest BCUT2D eigenvalue weighted by molar-refractivity contribution is 7.89. The van der Waals surface area contributed by atoms with E-state index in [1.807, 2.05) is 6.92 Å². The van der Waals surface area contributed by atoms with Gasteiger partial charge in [0.1, 0.15) is 4.90 Å². The van der Waals surface area contributed by atoms with Gasteiger partial charge in [-0.15, -0.1) is 0 Å². The third kappa shape index (κ3) is 1.97. The summed E-state index contributed by atoms with van der Waals surface area (Å²) >= 11 is 0. The zero-order chi connectivity index (χ0) is 12.6. The van der Waals surface area contributed by atoms with Crippen LogP contribution in [0.5, 0.6) is 0 Å². The third-order valence-electron chi connectivity index (χ3n) is 2.44. The van der Waals surface area contributed by atoms with Gasteiger partial charge in [0.25, 0.3) is 10.0 Å². The SMILES string of the molecule is CCn1cc(S(=O)(=O)n2cc(C)cn2)c(C)n1. The topological polar surface area (TPSA) is 69.8 Å². The van der Waals surface area contributed by atoms with Crippen LogP contribution in [0.1, 0.15) is 18.2 Å². The fourth-order valence-electron chi connectivity index (χ4n) is 1.54. The van der Waals surface area contributed by atoms with Gasteiger partial charge in [-0.1, -0.05) is 0 Å². The molecule has 0 aliphatic carbocycles. The summed E-state index contributed by atoms with van der Waals surface area (Å²) in [5.74, 6) is 0. The van der Waals surface area contributed by atoms with Crippen molar-refractivity contribution in [2.24, 2.45) is 0 Å². The van der Waals surface area contributed by atoms with E-state index in [4.69, 9.17) is 0 Å². The average molecular weight is 254 g/mol.